The number of carbonyl (C=O) groups is 5. The second-order valence-corrected chi connectivity index (χ2v) is 6.62. The minimum atomic E-state index is -0.929. The standard InChI is InChI=1S/C19H15N3O6/c23-11-4-5-13(14(24)8-11)22-18(26)12-3-1-2-10(16(12)19(22)27)9-20-17(25)15-6-7-21-28-15/h1-3,6-7,13H,4-5,8-9H2,(H,20,25). The van der Waals surface area contributed by atoms with Crippen LogP contribution in [0.15, 0.2) is 35.0 Å². The van der Waals surface area contributed by atoms with Crippen molar-refractivity contribution in [2.45, 2.75) is 31.8 Å². The van der Waals surface area contributed by atoms with Crippen LogP contribution in [0.3, 0.4) is 0 Å². The molecule has 9 nitrogen and oxygen atoms in total. The zero-order valence-electron chi connectivity index (χ0n) is 14.6. The van der Waals surface area contributed by atoms with Gasteiger partial charge < -0.3 is 9.84 Å². The second kappa shape index (κ2) is 6.84. The maximum atomic E-state index is 13.0. The van der Waals surface area contributed by atoms with Gasteiger partial charge in [0.15, 0.2) is 5.78 Å². The number of rotatable bonds is 4. The number of carbonyl (C=O) groups excluding carboxylic acids is 5. The molecule has 1 aromatic carbocycles. The van der Waals surface area contributed by atoms with E-state index < -0.39 is 29.5 Å². The monoisotopic (exact) mass is 381 g/mol. The molecule has 1 N–H and O–H groups in total. The molecule has 2 aliphatic rings. The van der Waals surface area contributed by atoms with Crippen LogP contribution in [-0.2, 0) is 16.1 Å². The van der Waals surface area contributed by atoms with E-state index in [4.69, 9.17) is 4.52 Å². The SMILES string of the molecule is O=C1CCC(N2C(=O)c3cccc(CNC(=O)c4ccno4)c3C2=O)C(=O)C1. The molecule has 142 valence electrons. The van der Waals surface area contributed by atoms with Gasteiger partial charge in [0.1, 0.15) is 5.78 Å². The highest BCUT2D eigenvalue weighted by Gasteiger charge is 2.45. The van der Waals surface area contributed by atoms with Gasteiger partial charge in [0.2, 0.25) is 5.76 Å². The van der Waals surface area contributed by atoms with E-state index in [2.05, 4.69) is 10.5 Å². The second-order valence-electron chi connectivity index (χ2n) is 6.62. The van der Waals surface area contributed by atoms with Gasteiger partial charge in [-0.25, -0.2) is 0 Å². The Morgan fingerprint density at radius 3 is 2.71 bits per heavy atom. The van der Waals surface area contributed by atoms with Gasteiger partial charge in [-0.15, -0.1) is 0 Å². The maximum absolute atomic E-state index is 13.0. The molecular formula is C19H15N3O6. The molecule has 1 aromatic heterocycles. The van der Waals surface area contributed by atoms with E-state index in [1.807, 2.05) is 0 Å². The van der Waals surface area contributed by atoms with E-state index in [1.54, 1.807) is 12.1 Å². The lowest BCUT2D eigenvalue weighted by Crippen LogP contribution is -2.47. The van der Waals surface area contributed by atoms with Crippen LogP contribution in [0.2, 0.25) is 0 Å². The quantitative estimate of drug-likeness (QED) is 0.615. The lowest BCUT2D eigenvalue weighted by atomic mass is 9.92. The van der Waals surface area contributed by atoms with Gasteiger partial charge >= 0.3 is 0 Å². The Morgan fingerprint density at radius 1 is 1.18 bits per heavy atom. The number of imide groups is 1. The first kappa shape index (κ1) is 17.8. The molecule has 0 spiro atoms. The zero-order chi connectivity index (χ0) is 19.8. The number of Topliss-reactive ketones (excluding diaryl/α,β-unsaturated/α-hetero) is 2. The van der Waals surface area contributed by atoms with Gasteiger partial charge in [-0.05, 0) is 18.1 Å². The Hall–Kier alpha value is -3.62. The van der Waals surface area contributed by atoms with Crippen molar-refractivity contribution in [2.75, 3.05) is 0 Å². The smallest absolute Gasteiger partial charge is 0.290 e. The molecule has 9 heteroatoms. The fourth-order valence-electron chi connectivity index (χ4n) is 3.53. The summed E-state index contributed by atoms with van der Waals surface area (Å²) in [6, 6.07) is 5.21. The fraction of sp³-hybridized carbons (Fsp3) is 0.263. The van der Waals surface area contributed by atoms with E-state index in [0.717, 1.165) is 4.90 Å². The Balaban J connectivity index is 1.58. The largest absolute Gasteiger partial charge is 0.351 e. The Morgan fingerprint density at radius 2 is 2.00 bits per heavy atom. The molecule has 1 aliphatic heterocycles. The Kier molecular flexibility index (Phi) is 4.34. The lowest BCUT2D eigenvalue weighted by Gasteiger charge is -2.27. The van der Waals surface area contributed by atoms with Gasteiger partial charge in [0, 0.05) is 19.0 Å². The summed E-state index contributed by atoms with van der Waals surface area (Å²) in [6.45, 7) is -0.00728. The highest BCUT2D eigenvalue weighted by Crippen LogP contribution is 2.31. The number of hydrogen-bond donors (Lipinski definition) is 1. The first-order chi connectivity index (χ1) is 13.5. The molecule has 1 unspecified atom stereocenters. The third-order valence-electron chi connectivity index (χ3n) is 4.88. The minimum absolute atomic E-state index is 0.00728. The van der Waals surface area contributed by atoms with E-state index >= 15 is 0 Å². The van der Waals surface area contributed by atoms with Crippen molar-refractivity contribution in [3.8, 4) is 0 Å². The van der Waals surface area contributed by atoms with Gasteiger partial charge in [-0.3, -0.25) is 28.9 Å². The first-order valence-corrected chi connectivity index (χ1v) is 8.70. The maximum Gasteiger partial charge on any atom is 0.290 e. The van der Waals surface area contributed by atoms with Crippen molar-refractivity contribution in [3.05, 3.63) is 52.9 Å². The minimum Gasteiger partial charge on any atom is -0.351 e. The van der Waals surface area contributed by atoms with Crippen molar-refractivity contribution >= 4 is 29.3 Å². The molecule has 1 saturated carbocycles. The molecule has 28 heavy (non-hydrogen) atoms. The summed E-state index contributed by atoms with van der Waals surface area (Å²) in [5.74, 6) is -2.24. The Bertz CT molecular complexity index is 1010. The number of amides is 3. The van der Waals surface area contributed by atoms with Crippen molar-refractivity contribution in [1.82, 2.24) is 15.4 Å². The third-order valence-corrected chi connectivity index (χ3v) is 4.88. The number of hydrogen-bond acceptors (Lipinski definition) is 7. The molecule has 1 fully saturated rings. The van der Waals surface area contributed by atoms with Crippen molar-refractivity contribution in [1.29, 1.82) is 0 Å². The van der Waals surface area contributed by atoms with Crippen LogP contribution in [0.1, 0.15) is 56.1 Å². The van der Waals surface area contributed by atoms with Crippen LogP contribution in [0.5, 0.6) is 0 Å². The van der Waals surface area contributed by atoms with Crippen molar-refractivity contribution in [3.63, 3.8) is 0 Å². The number of fused-ring (bicyclic) bond motifs is 1. The van der Waals surface area contributed by atoms with Crippen LogP contribution >= 0.6 is 0 Å². The van der Waals surface area contributed by atoms with Crippen LogP contribution in [0.25, 0.3) is 0 Å². The summed E-state index contributed by atoms with van der Waals surface area (Å²) in [5, 5.41) is 6.06. The number of nitrogens with zero attached hydrogens (tertiary/aromatic N) is 2. The summed E-state index contributed by atoms with van der Waals surface area (Å²) in [7, 11) is 0. The summed E-state index contributed by atoms with van der Waals surface area (Å²) in [5.41, 5.74) is 0.793. The topological polar surface area (TPSA) is 127 Å². The molecule has 2 heterocycles. The van der Waals surface area contributed by atoms with Crippen molar-refractivity contribution in [2.24, 2.45) is 0 Å². The van der Waals surface area contributed by atoms with Gasteiger partial charge in [-0.2, -0.15) is 0 Å². The number of nitrogens with one attached hydrogen (secondary N) is 1. The average Bonchev–Trinajstić information content (AvgIpc) is 3.29. The first-order valence-electron chi connectivity index (χ1n) is 8.70. The summed E-state index contributed by atoms with van der Waals surface area (Å²) in [4.78, 5) is 62.4. The predicted octanol–water partition coefficient (Wildman–Crippen LogP) is 0.891. The highest BCUT2D eigenvalue weighted by atomic mass is 16.5. The summed E-state index contributed by atoms with van der Waals surface area (Å²) < 4.78 is 4.78. The Labute approximate surface area is 158 Å². The van der Waals surface area contributed by atoms with Crippen LogP contribution in [-0.4, -0.2) is 45.4 Å². The van der Waals surface area contributed by atoms with Crippen LogP contribution in [0.4, 0.5) is 0 Å². The normalized spacial score (nSPS) is 19.1. The molecule has 0 bridgehead atoms. The fourth-order valence-corrected chi connectivity index (χ4v) is 3.53. The molecule has 2 aromatic rings. The summed E-state index contributed by atoms with van der Waals surface area (Å²) in [6.07, 6.45) is 1.36. The van der Waals surface area contributed by atoms with E-state index in [1.165, 1.54) is 18.3 Å². The van der Waals surface area contributed by atoms with Crippen LogP contribution in [0, 0.1) is 0 Å². The molecule has 3 amide bonds. The van der Waals surface area contributed by atoms with E-state index in [9.17, 15) is 24.0 Å². The van der Waals surface area contributed by atoms with Gasteiger partial charge in [-0.1, -0.05) is 17.3 Å². The summed E-state index contributed by atoms with van der Waals surface area (Å²) >= 11 is 0. The number of benzene rings is 1. The third kappa shape index (κ3) is 2.90. The average molecular weight is 381 g/mol. The zero-order valence-corrected chi connectivity index (χ0v) is 14.6. The number of aromatic nitrogens is 1. The lowest BCUT2D eigenvalue weighted by molar-refractivity contribution is -0.132. The van der Waals surface area contributed by atoms with Gasteiger partial charge in [0.05, 0.1) is 29.8 Å². The highest BCUT2D eigenvalue weighted by molar-refractivity contribution is 6.24. The predicted molar refractivity (Wildman–Crippen MR) is 92.3 cm³/mol. The molecule has 1 atom stereocenters. The molecule has 1 aliphatic carbocycles. The van der Waals surface area contributed by atoms with Gasteiger partial charge in [0.25, 0.3) is 17.7 Å². The molecule has 0 saturated heterocycles. The van der Waals surface area contributed by atoms with Crippen molar-refractivity contribution < 1.29 is 28.5 Å². The van der Waals surface area contributed by atoms with Crippen LogP contribution < -0.4 is 5.32 Å². The molecule has 0 radical (unpaired) electrons. The number of ketones is 2. The van der Waals surface area contributed by atoms with E-state index in [-0.39, 0.29) is 48.5 Å². The molecular weight excluding hydrogens is 366 g/mol. The molecule has 4 rings (SSSR count). The van der Waals surface area contributed by atoms with E-state index in [0.29, 0.717) is 5.56 Å².